The van der Waals surface area contributed by atoms with Crippen molar-refractivity contribution in [1.29, 1.82) is 0 Å². The molecule has 0 unspecified atom stereocenters. The SMILES string of the molecule is C#Cc1cc(C(=O)N(CC)CC)cc(C#C)n1. The predicted octanol–water partition coefficient (Wildman–Crippen LogP) is 1.53. The average Bonchev–Trinajstić information content (AvgIpc) is 2.39. The molecule has 0 N–H and O–H groups in total. The van der Waals surface area contributed by atoms with E-state index < -0.39 is 0 Å². The summed E-state index contributed by atoms with van der Waals surface area (Å²) in [7, 11) is 0. The summed E-state index contributed by atoms with van der Waals surface area (Å²) in [5.74, 6) is 4.71. The summed E-state index contributed by atoms with van der Waals surface area (Å²) in [4.78, 5) is 17.8. The first-order valence-corrected chi connectivity index (χ1v) is 5.40. The Labute approximate surface area is 102 Å². The number of carbonyl (C=O) groups excluding carboxylic acids is 1. The van der Waals surface area contributed by atoms with Crippen molar-refractivity contribution < 1.29 is 4.79 Å². The van der Waals surface area contributed by atoms with Gasteiger partial charge in [0.15, 0.2) is 0 Å². The van der Waals surface area contributed by atoms with Crippen LogP contribution in [0.3, 0.4) is 0 Å². The summed E-state index contributed by atoms with van der Waals surface area (Å²) in [5, 5.41) is 0. The van der Waals surface area contributed by atoms with Gasteiger partial charge in [-0.1, -0.05) is 11.8 Å². The van der Waals surface area contributed by atoms with Gasteiger partial charge in [-0.25, -0.2) is 4.98 Å². The molecule has 1 aromatic heterocycles. The van der Waals surface area contributed by atoms with E-state index in [0.717, 1.165) is 0 Å². The summed E-state index contributed by atoms with van der Waals surface area (Å²) in [6.07, 6.45) is 10.6. The van der Waals surface area contributed by atoms with Crippen molar-refractivity contribution in [3.63, 3.8) is 0 Å². The van der Waals surface area contributed by atoms with Gasteiger partial charge in [0.1, 0.15) is 11.4 Å². The van der Waals surface area contributed by atoms with E-state index in [1.54, 1.807) is 17.0 Å². The minimum atomic E-state index is -0.0783. The van der Waals surface area contributed by atoms with E-state index in [9.17, 15) is 4.79 Å². The molecule has 1 aromatic rings. The third-order valence-corrected chi connectivity index (χ3v) is 2.42. The Balaban J connectivity index is 3.19. The smallest absolute Gasteiger partial charge is 0.254 e. The Morgan fingerprint density at radius 1 is 1.24 bits per heavy atom. The zero-order chi connectivity index (χ0) is 12.8. The van der Waals surface area contributed by atoms with E-state index in [2.05, 4.69) is 16.8 Å². The largest absolute Gasteiger partial charge is 0.339 e. The van der Waals surface area contributed by atoms with E-state index in [1.165, 1.54) is 0 Å². The lowest BCUT2D eigenvalue weighted by atomic mass is 10.1. The number of rotatable bonds is 3. The highest BCUT2D eigenvalue weighted by Gasteiger charge is 2.14. The maximum absolute atomic E-state index is 12.1. The molecule has 86 valence electrons. The monoisotopic (exact) mass is 226 g/mol. The zero-order valence-corrected chi connectivity index (χ0v) is 10.0. The van der Waals surface area contributed by atoms with Crippen molar-refractivity contribution in [3.05, 3.63) is 29.1 Å². The fraction of sp³-hybridized carbons (Fsp3) is 0.286. The zero-order valence-electron chi connectivity index (χ0n) is 10.0. The van der Waals surface area contributed by atoms with E-state index in [-0.39, 0.29) is 5.91 Å². The average molecular weight is 226 g/mol. The fourth-order valence-electron chi connectivity index (χ4n) is 1.50. The normalized spacial score (nSPS) is 9.18. The summed E-state index contributed by atoms with van der Waals surface area (Å²) in [6, 6.07) is 3.17. The number of hydrogen-bond acceptors (Lipinski definition) is 2. The van der Waals surface area contributed by atoms with Crippen molar-refractivity contribution in [2.45, 2.75) is 13.8 Å². The van der Waals surface area contributed by atoms with Gasteiger partial charge in [0.2, 0.25) is 0 Å². The highest BCUT2D eigenvalue weighted by Crippen LogP contribution is 2.08. The number of aromatic nitrogens is 1. The lowest BCUT2D eigenvalue weighted by Crippen LogP contribution is -2.30. The second kappa shape index (κ2) is 5.72. The topological polar surface area (TPSA) is 33.2 Å². The maximum Gasteiger partial charge on any atom is 0.254 e. The number of terminal acetylenes is 2. The number of nitrogens with zero attached hydrogens (tertiary/aromatic N) is 2. The summed E-state index contributed by atoms with van der Waals surface area (Å²) >= 11 is 0. The molecular formula is C14H14N2O. The lowest BCUT2D eigenvalue weighted by molar-refractivity contribution is 0.0773. The van der Waals surface area contributed by atoms with Crippen LogP contribution in [0.1, 0.15) is 35.6 Å². The highest BCUT2D eigenvalue weighted by molar-refractivity contribution is 5.94. The van der Waals surface area contributed by atoms with Crippen molar-refractivity contribution >= 4 is 5.91 Å². The van der Waals surface area contributed by atoms with Crippen LogP contribution in [0.2, 0.25) is 0 Å². The van der Waals surface area contributed by atoms with Crippen LogP contribution in [-0.4, -0.2) is 28.9 Å². The Morgan fingerprint density at radius 3 is 2.06 bits per heavy atom. The van der Waals surface area contributed by atoms with Gasteiger partial charge in [0.05, 0.1) is 0 Å². The van der Waals surface area contributed by atoms with Gasteiger partial charge in [-0.3, -0.25) is 4.79 Å². The van der Waals surface area contributed by atoms with E-state index in [4.69, 9.17) is 12.8 Å². The predicted molar refractivity (Wildman–Crippen MR) is 67.4 cm³/mol. The van der Waals surface area contributed by atoms with Crippen molar-refractivity contribution in [1.82, 2.24) is 9.88 Å². The Morgan fingerprint density at radius 2 is 1.71 bits per heavy atom. The molecule has 0 aliphatic heterocycles. The molecular weight excluding hydrogens is 212 g/mol. The van der Waals surface area contributed by atoms with Crippen LogP contribution >= 0.6 is 0 Å². The van der Waals surface area contributed by atoms with Gasteiger partial charge < -0.3 is 4.90 Å². The minimum Gasteiger partial charge on any atom is -0.339 e. The van der Waals surface area contributed by atoms with Gasteiger partial charge in [-0.05, 0) is 26.0 Å². The third-order valence-electron chi connectivity index (χ3n) is 2.42. The molecule has 1 rings (SSSR count). The summed E-state index contributed by atoms with van der Waals surface area (Å²) in [6.45, 7) is 5.14. The number of amides is 1. The van der Waals surface area contributed by atoms with Crippen LogP contribution in [0.15, 0.2) is 12.1 Å². The third kappa shape index (κ3) is 2.86. The van der Waals surface area contributed by atoms with Crippen LogP contribution in [0.4, 0.5) is 0 Å². The van der Waals surface area contributed by atoms with Crippen LogP contribution in [0.25, 0.3) is 0 Å². The lowest BCUT2D eigenvalue weighted by Gasteiger charge is -2.18. The first kappa shape index (κ1) is 12.8. The molecule has 0 saturated heterocycles. The van der Waals surface area contributed by atoms with Gasteiger partial charge in [0.25, 0.3) is 5.91 Å². The summed E-state index contributed by atoms with van der Waals surface area (Å²) < 4.78 is 0. The van der Waals surface area contributed by atoms with Crippen molar-refractivity contribution in [2.24, 2.45) is 0 Å². The molecule has 0 aromatic carbocycles. The molecule has 0 atom stereocenters. The molecule has 1 amide bonds. The molecule has 3 heteroatoms. The van der Waals surface area contributed by atoms with Gasteiger partial charge in [-0.2, -0.15) is 0 Å². The molecule has 0 aliphatic rings. The second-order valence-corrected chi connectivity index (χ2v) is 3.39. The molecule has 3 nitrogen and oxygen atoms in total. The molecule has 0 saturated carbocycles. The number of pyridine rings is 1. The van der Waals surface area contributed by atoms with Gasteiger partial charge >= 0.3 is 0 Å². The van der Waals surface area contributed by atoms with Gasteiger partial charge in [0, 0.05) is 18.7 Å². The summed E-state index contributed by atoms with van der Waals surface area (Å²) in [5.41, 5.74) is 1.26. The number of carbonyl (C=O) groups is 1. The van der Waals surface area contributed by atoms with Crippen LogP contribution in [0.5, 0.6) is 0 Å². The van der Waals surface area contributed by atoms with Gasteiger partial charge in [-0.15, -0.1) is 12.8 Å². The standard InChI is InChI=1S/C14H14N2O/c1-5-12-9-11(10-13(6-2)15-12)14(17)16(7-3)8-4/h1-2,9-10H,7-8H2,3-4H3. The van der Waals surface area contributed by atoms with Crippen LogP contribution < -0.4 is 0 Å². The van der Waals surface area contributed by atoms with Crippen molar-refractivity contribution in [2.75, 3.05) is 13.1 Å². The van der Waals surface area contributed by atoms with Crippen molar-refractivity contribution in [3.8, 4) is 24.7 Å². The fourth-order valence-corrected chi connectivity index (χ4v) is 1.50. The van der Waals surface area contributed by atoms with E-state index in [0.29, 0.717) is 30.0 Å². The quantitative estimate of drug-likeness (QED) is 0.732. The van der Waals surface area contributed by atoms with Crippen LogP contribution in [0, 0.1) is 24.7 Å². The first-order valence-electron chi connectivity index (χ1n) is 5.40. The number of hydrogen-bond donors (Lipinski definition) is 0. The molecule has 0 fully saturated rings. The van der Waals surface area contributed by atoms with E-state index >= 15 is 0 Å². The molecule has 0 radical (unpaired) electrons. The van der Waals surface area contributed by atoms with E-state index in [1.807, 2.05) is 13.8 Å². The molecule has 0 bridgehead atoms. The highest BCUT2D eigenvalue weighted by atomic mass is 16.2. The Kier molecular flexibility index (Phi) is 4.31. The second-order valence-electron chi connectivity index (χ2n) is 3.39. The molecule has 0 spiro atoms. The maximum atomic E-state index is 12.1. The molecule has 1 heterocycles. The minimum absolute atomic E-state index is 0.0783. The first-order chi connectivity index (χ1) is 8.15. The van der Waals surface area contributed by atoms with Crippen LogP contribution in [-0.2, 0) is 0 Å². The molecule has 17 heavy (non-hydrogen) atoms. The Bertz CT molecular complexity index is 470. The molecule has 0 aliphatic carbocycles. The Hall–Kier alpha value is -2.26.